The van der Waals surface area contributed by atoms with Crippen LogP contribution in [0.3, 0.4) is 0 Å². The standard InChI is InChI=1S/C20H23NO4/c1-13(2)17-9-8-14(3)10-18(17)25-12-19(22)21-16-7-5-6-15(11-16)20(23)24-4/h5-11,13H,12H2,1-4H3,(H,21,22). The number of amides is 1. The summed E-state index contributed by atoms with van der Waals surface area (Å²) in [6, 6.07) is 12.6. The number of nitrogens with one attached hydrogen (secondary N) is 1. The van der Waals surface area contributed by atoms with E-state index in [1.54, 1.807) is 24.3 Å². The van der Waals surface area contributed by atoms with Gasteiger partial charge in [0.1, 0.15) is 5.75 Å². The quantitative estimate of drug-likeness (QED) is 0.809. The van der Waals surface area contributed by atoms with Gasteiger partial charge in [-0.25, -0.2) is 4.79 Å². The Kier molecular flexibility index (Phi) is 6.17. The van der Waals surface area contributed by atoms with Crippen LogP contribution in [0.25, 0.3) is 0 Å². The number of hydrogen-bond donors (Lipinski definition) is 1. The lowest BCUT2D eigenvalue weighted by Gasteiger charge is -2.15. The molecule has 0 fully saturated rings. The lowest BCUT2D eigenvalue weighted by atomic mass is 10.0. The molecular formula is C20H23NO4. The molecule has 2 rings (SSSR count). The van der Waals surface area contributed by atoms with Crippen LogP contribution in [0.4, 0.5) is 5.69 Å². The van der Waals surface area contributed by atoms with Gasteiger partial charge in [0.25, 0.3) is 5.91 Å². The van der Waals surface area contributed by atoms with Crippen molar-refractivity contribution < 1.29 is 19.1 Å². The van der Waals surface area contributed by atoms with Gasteiger partial charge < -0.3 is 14.8 Å². The fraction of sp³-hybridized carbons (Fsp3) is 0.300. The predicted molar refractivity (Wildman–Crippen MR) is 97.2 cm³/mol. The molecule has 2 aromatic rings. The first kappa shape index (κ1) is 18.5. The summed E-state index contributed by atoms with van der Waals surface area (Å²) >= 11 is 0. The Balaban J connectivity index is 2.02. The third-order valence-electron chi connectivity index (χ3n) is 3.72. The summed E-state index contributed by atoms with van der Waals surface area (Å²) < 4.78 is 10.4. The van der Waals surface area contributed by atoms with Crippen LogP contribution in [-0.4, -0.2) is 25.6 Å². The second-order valence-electron chi connectivity index (χ2n) is 6.11. The minimum atomic E-state index is -0.450. The molecule has 0 aliphatic rings. The topological polar surface area (TPSA) is 64.6 Å². The van der Waals surface area contributed by atoms with Crippen molar-refractivity contribution in [3.8, 4) is 5.75 Å². The minimum absolute atomic E-state index is 0.106. The molecular weight excluding hydrogens is 318 g/mol. The van der Waals surface area contributed by atoms with E-state index in [0.717, 1.165) is 11.1 Å². The Hall–Kier alpha value is -2.82. The van der Waals surface area contributed by atoms with Gasteiger partial charge in [-0.2, -0.15) is 0 Å². The van der Waals surface area contributed by atoms with E-state index in [9.17, 15) is 9.59 Å². The first-order chi connectivity index (χ1) is 11.9. The number of hydrogen-bond acceptors (Lipinski definition) is 4. The number of ether oxygens (including phenoxy) is 2. The molecule has 0 spiro atoms. The fourth-order valence-corrected chi connectivity index (χ4v) is 2.43. The molecule has 2 aromatic carbocycles. The van der Waals surface area contributed by atoms with E-state index in [1.807, 2.05) is 25.1 Å². The molecule has 0 radical (unpaired) electrons. The van der Waals surface area contributed by atoms with Crippen LogP contribution in [0.15, 0.2) is 42.5 Å². The van der Waals surface area contributed by atoms with Crippen molar-refractivity contribution in [1.82, 2.24) is 0 Å². The highest BCUT2D eigenvalue weighted by molar-refractivity contribution is 5.95. The molecule has 0 aromatic heterocycles. The molecule has 0 aliphatic heterocycles. The van der Waals surface area contributed by atoms with Gasteiger partial charge in [-0.05, 0) is 48.2 Å². The number of carbonyl (C=O) groups excluding carboxylic acids is 2. The lowest BCUT2D eigenvalue weighted by molar-refractivity contribution is -0.118. The van der Waals surface area contributed by atoms with Gasteiger partial charge in [0.2, 0.25) is 0 Å². The van der Waals surface area contributed by atoms with E-state index < -0.39 is 5.97 Å². The van der Waals surface area contributed by atoms with Crippen molar-refractivity contribution in [1.29, 1.82) is 0 Å². The summed E-state index contributed by atoms with van der Waals surface area (Å²) in [6.07, 6.45) is 0. The Morgan fingerprint density at radius 2 is 1.88 bits per heavy atom. The molecule has 25 heavy (non-hydrogen) atoms. The van der Waals surface area contributed by atoms with E-state index in [-0.39, 0.29) is 12.5 Å². The number of benzene rings is 2. The maximum Gasteiger partial charge on any atom is 0.337 e. The normalized spacial score (nSPS) is 10.4. The van der Waals surface area contributed by atoms with Gasteiger partial charge in [-0.1, -0.05) is 32.0 Å². The zero-order chi connectivity index (χ0) is 18.4. The largest absolute Gasteiger partial charge is 0.483 e. The van der Waals surface area contributed by atoms with Crippen molar-refractivity contribution in [3.05, 3.63) is 59.2 Å². The highest BCUT2D eigenvalue weighted by atomic mass is 16.5. The van der Waals surface area contributed by atoms with Crippen molar-refractivity contribution in [3.63, 3.8) is 0 Å². The van der Waals surface area contributed by atoms with Gasteiger partial charge in [0.15, 0.2) is 6.61 Å². The second-order valence-corrected chi connectivity index (χ2v) is 6.11. The molecule has 1 amide bonds. The van der Waals surface area contributed by atoms with E-state index in [1.165, 1.54) is 7.11 Å². The maximum atomic E-state index is 12.2. The SMILES string of the molecule is COC(=O)c1cccc(NC(=O)COc2cc(C)ccc2C(C)C)c1. The second kappa shape index (κ2) is 8.33. The van der Waals surface area contributed by atoms with E-state index in [2.05, 4.69) is 23.9 Å². The molecule has 0 aliphatic carbocycles. The highest BCUT2D eigenvalue weighted by Gasteiger charge is 2.11. The summed E-state index contributed by atoms with van der Waals surface area (Å²) in [5.41, 5.74) is 3.03. The number of methoxy groups -OCH3 is 1. The summed E-state index contributed by atoms with van der Waals surface area (Å²) in [4.78, 5) is 23.7. The zero-order valence-electron chi connectivity index (χ0n) is 15.0. The molecule has 0 heterocycles. The van der Waals surface area contributed by atoms with Crippen molar-refractivity contribution in [2.24, 2.45) is 0 Å². The van der Waals surface area contributed by atoms with Gasteiger partial charge in [-0.3, -0.25) is 4.79 Å². The monoisotopic (exact) mass is 341 g/mol. The van der Waals surface area contributed by atoms with Gasteiger partial charge in [0.05, 0.1) is 12.7 Å². The molecule has 0 saturated heterocycles. The van der Waals surface area contributed by atoms with Crippen molar-refractivity contribution in [2.75, 3.05) is 19.0 Å². The predicted octanol–water partition coefficient (Wildman–Crippen LogP) is 3.92. The zero-order valence-corrected chi connectivity index (χ0v) is 15.0. The smallest absolute Gasteiger partial charge is 0.337 e. The molecule has 5 nitrogen and oxygen atoms in total. The fourth-order valence-electron chi connectivity index (χ4n) is 2.43. The minimum Gasteiger partial charge on any atom is -0.483 e. The average Bonchev–Trinajstić information content (AvgIpc) is 2.59. The number of carbonyl (C=O) groups is 2. The molecule has 0 bridgehead atoms. The van der Waals surface area contributed by atoms with Crippen LogP contribution in [0, 0.1) is 6.92 Å². The Morgan fingerprint density at radius 1 is 1.12 bits per heavy atom. The molecule has 0 atom stereocenters. The van der Waals surface area contributed by atoms with E-state index in [4.69, 9.17) is 4.74 Å². The van der Waals surface area contributed by atoms with E-state index in [0.29, 0.717) is 22.9 Å². The van der Waals surface area contributed by atoms with Crippen LogP contribution >= 0.6 is 0 Å². The Morgan fingerprint density at radius 3 is 2.56 bits per heavy atom. The van der Waals surface area contributed by atoms with Gasteiger partial charge in [-0.15, -0.1) is 0 Å². The summed E-state index contributed by atoms with van der Waals surface area (Å²) in [7, 11) is 1.32. The first-order valence-electron chi connectivity index (χ1n) is 8.12. The number of anilines is 1. The maximum absolute atomic E-state index is 12.2. The average molecular weight is 341 g/mol. The first-order valence-corrected chi connectivity index (χ1v) is 8.12. The Bertz CT molecular complexity index is 768. The van der Waals surface area contributed by atoms with Crippen LogP contribution in [0.1, 0.15) is 41.3 Å². The molecule has 1 N–H and O–H groups in total. The van der Waals surface area contributed by atoms with Crippen LogP contribution in [0.2, 0.25) is 0 Å². The third kappa shape index (κ3) is 5.08. The Labute approximate surface area is 148 Å². The lowest BCUT2D eigenvalue weighted by Crippen LogP contribution is -2.21. The number of esters is 1. The molecule has 0 unspecified atom stereocenters. The highest BCUT2D eigenvalue weighted by Crippen LogP contribution is 2.27. The van der Waals surface area contributed by atoms with Crippen LogP contribution < -0.4 is 10.1 Å². The molecule has 132 valence electrons. The molecule has 0 saturated carbocycles. The molecule has 5 heteroatoms. The van der Waals surface area contributed by atoms with Crippen molar-refractivity contribution in [2.45, 2.75) is 26.7 Å². The summed E-state index contributed by atoms with van der Waals surface area (Å²) in [6.45, 7) is 6.03. The number of aryl methyl sites for hydroxylation is 1. The van der Waals surface area contributed by atoms with Gasteiger partial charge in [0, 0.05) is 5.69 Å². The van der Waals surface area contributed by atoms with Crippen LogP contribution in [0.5, 0.6) is 5.75 Å². The number of rotatable bonds is 6. The third-order valence-corrected chi connectivity index (χ3v) is 3.72. The summed E-state index contributed by atoms with van der Waals surface area (Å²) in [5, 5.41) is 2.72. The van der Waals surface area contributed by atoms with Gasteiger partial charge >= 0.3 is 5.97 Å². The van der Waals surface area contributed by atoms with Crippen molar-refractivity contribution >= 4 is 17.6 Å². The van der Waals surface area contributed by atoms with Crippen LogP contribution in [-0.2, 0) is 9.53 Å². The van der Waals surface area contributed by atoms with E-state index >= 15 is 0 Å². The summed E-state index contributed by atoms with van der Waals surface area (Å²) in [5.74, 6) is 0.274.